The molecule has 0 saturated carbocycles. The number of nitrogens with zero attached hydrogens (tertiary/aromatic N) is 2. The number of anilines is 1. The highest BCUT2D eigenvalue weighted by Gasteiger charge is 2.31. The van der Waals surface area contributed by atoms with Crippen LogP contribution in [-0.2, 0) is 10.0 Å². The number of methoxy groups -OCH3 is 2. The Balaban J connectivity index is 2.12. The molecule has 1 aromatic rings. The Kier molecular flexibility index (Phi) is 7.10. The van der Waals surface area contributed by atoms with Gasteiger partial charge in [0.2, 0.25) is 10.0 Å². The summed E-state index contributed by atoms with van der Waals surface area (Å²) in [6.07, 6.45) is 2.95. The molecule has 1 aliphatic heterocycles. The minimum absolute atomic E-state index is 0.0918. The van der Waals surface area contributed by atoms with E-state index in [2.05, 4.69) is 15.6 Å². The van der Waals surface area contributed by atoms with Crippen molar-refractivity contribution in [3.8, 4) is 11.5 Å². The Hall–Kier alpha value is -2.00. The van der Waals surface area contributed by atoms with Crippen LogP contribution in [0.15, 0.2) is 23.2 Å². The molecule has 26 heavy (non-hydrogen) atoms. The largest absolute Gasteiger partial charge is 0.493 e. The van der Waals surface area contributed by atoms with E-state index in [0.717, 1.165) is 18.5 Å². The molecule has 1 aromatic carbocycles. The van der Waals surface area contributed by atoms with Crippen LogP contribution in [0.25, 0.3) is 0 Å². The normalized spacial score (nSPS) is 18.6. The van der Waals surface area contributed by atoms with Crippen LogP contribution >= 0.6 is 0 Å². The lowest BCUT2D eigenvalue weighted by atomic mass is 10.2. The van der Waals surface area contributed by atoms with E-state index in [0.29, 0.717) is 37.1 Å². The zero-order valence-electron chi connectivity index (χ0n) is 15.8. The van der Waals surface area contributed by atoms with Gasteiger partial charge in [0.05, 0.1) is 27.0 Å². The monoisotopic (exact) mass is 384 g/mol. The van der Waals surface area contributed by atoms with Crippen molar-refractivity contribution in [3.05, 3.63) is 18.2 Å². The Morgan fingerprint density at radius 3 is 2.65 bits per heavy atom. The number of hydrogen-bond donors (Lipinski definition) is 2. The summed E-state index contributed by atoms with van der Waals surface area (Å²) >= 11 is 0. The standard InChI is InChI=1S/C17H28N4O4S/c1-5-18-17(19-12-14-7-6-10-21(14)26(4,22)23)20-13-8-9-15(24-2)16(11-13)25-3/h8-9,11,14H,5-7,10,12H2,1-4H3,(H2,18,19,20)/t14-/m1/s1. The summed E-state index contributed by atoms with van der Waals surface area (Å²) in [6, 6.07) is 5.41. The molecule has 1 heterocycles. The van der Waals surface area contributed by atoms with Crippen molar-refractivity contribution in [2.75, 3.05) is 45.4 Å². The fourth-order valence-corrected chi connectivity index (χ4v) is 4.16. The summed E-state index contributed by atoms with van der Waals surface area (Å²) in [7, 11) is -0.0216. The first-order chi connectivity index (χ1) is 12.4. The van der Waals surface area contributed by atoms with Crippen LogP contribution in [-0.4, -0.2) is 64.8 Å². The molecule has 0 unspecified atom stereocenters. The first kappa shape index (κ1) is 20.3. The van der Waals surface area contributed by atoms with Gasteiger partial charge in [-0.2, -0.15) is 4.31 Å². The minimum Gasteiger partial charge on any atom is -0.493 e. The number of ether oxygens (including phenoxy) is 2. The van der Waals surface area contributed by atoms with Gasteiger partial charge in [-0.25, -0.2) is 8.42 Å². The molecule has 1 saturated heterocycles. The van der Waals surface area contributed by atoms with Gasteiger partial charge in [0.25, 0.3) is 0 Å². The molecule has 9 heteroatoms. The van der Waals surface area contributed by atoms with Crippen LogP contribution in [0.2, 0.25) is 0 Å². The van der Waals surface area contributed by atoms with Gasteiger partial charge >= 0.3 is 0 Å². The highest BCUT2D eigenvalue weighted by Crippen LogP contribution is 2.29. The van der Waals surface area contributed by atoms with E-state index in [4.69, 9.17) is 9.47 Å². The summed E-state index contributed by atoms with van der Waals surface area (Å²) < 4.78 is 35.8. The lowest BCUT2D eigenvalue weighted by molar-refractivity contribution is 0.355. The number of sulfonamides is 1. The van der Waals surface area contributed by atoms with Crippen LogP contribution in [0, 0.1) is 0 Å². The van der Waals surface area contributed by atoms with Gasteiger partial charge in [0.1, 0.15) is 0 Å². The Morgan fingerprint density at radius 2 is 2.04 bits per heavy atom. The Labute approximate surface area is 155 Å². The van der Waals surface area contributed by atoms with Crippen LogP contribution in [0.1, 0.15) is 19.8 Å². The van der Waals surface area contributed by atoms with Gasteiger partial charge < -0.3 is 20.1 Å². The third-order valence-corrected chi connectivity index (χ3v) is 5.53. The molecule has 0 spiro atoms. The molecule has 0 bridgehead atoms. The molecule has 0 aromatic heterocycles. The van der Waals surface area contributed by atoms with E-state index in [9.17, 15) is 8.42 Å². The third kappa shape index (κ3) is 5.25. The van der Waals surface area contributed by atoms with E-state index in [1.807, 2.05) is 25.1 Å². The van der Waals surface area contributed by atoms with Gasteiger partial charge in [-0.15, -0.1) is 0 Å². The van der Waals surface area contributed by atoms with Gasteiger partial charge in [-0.3, -0.25) is 4.99 Å². The lowest BCUT2D eigenvalue weighted by Crippen LogP contribution is -2.38. The fourth-order valence-electron chi connectivity index (χ4n) is 2.98. The number of aliphatic imine (C=N–C) groups is 1. The van der Waals surface area contributed by atoms with Gasteiger partial charge in [0.15, 0.2) is 17.5 Å². The molecule has 1 atom stereocenters. The van der Waals surface area contributed by atoms with E-state index >= 15 is 0 Å². The Morgan fingerprint density at radius 1 is 1.31 bits per heavy atom. The van der Waals surface area contributed by atoms with E-state index in [1.54, 1.807) is 14.2 Å². The number of hydrogen-bond acceptors (Lipinski definition) is 5. The van der Waals surface area contributed by atoms with E-state index in [1.165, 1.54) is 10.6 Å². The summed E-state index contributed by atoms with van der Waals surface area (Å²) in [5.74, 6) is 1.86. The van der Waals surface area contributed by atoms with Crippen molar-refractivity contribution in [1.29, 1.82) is 0 Å². The summed E-state index contributed by atoms with van der Waals surface area (Å²) in [4.78, 5) is 4.57. The molecule has 1 fully saturated rings. The van der Waals surface area contributed by atoms with E-state index in [-0.39, 0.29) is 6.04 Å². The highest BCUT2D eigenvalue weighted by atomic mass is 32.2. The third-order valence-electron chi connectivity index (χ3n) is 4.20. The maximum Gasteiger partial charge on any atom is 0.211 e. The van der Waals surface area contributed by atoms with Crippen LogP contribution < -0.4 is 20.1 Å². The summed E-state index contributed by atoms with van der Waals surface area (Å²) in [5, 5.41) is 6.39. The second-order valence-electron chi connectivity index (χ2n) is 6.08. The quantitative estimate of drug-likeness (QED) is 0.547. The molecule has 8 nitrogen and oxygen atoms in total. The minimum atomic E-state index is -3.19. The molecular formula is C17H28N4O4S. The average Bonchev–Trinajstić information content (AvgIpc) is 3.08. The van der Waals surface area contributed by atoms with E-state index < -0.39 is 10.0 Å². The Bertz CT molecular complexity index is 736. The second kappa shape index (κ2) is 9.09. The van der Waals surface area contributed by atoms with Crippen molar-refractivity contribution in [1.82, 2.24) is 9.62 Å². The lowest BCUT2D eigenvalue weighted by Gasteiger charge is -2.21. The van der Waals surface area contributed by atoms with Crippen LogP contribution in [0.4, 0.5) is 5.69 Å². The predicted octanol–water partition coefficient (Wildman–Crippen LogP) is 1.51. The molecule has 2 rings (SSSR count). The van der Waals surface area contributed by atoms with Crippen molar-refractivity contribution in [3.63, 3.8) is 0 Å². The zero-order valence-corrected chi connectivity index (χ0v) is 16.6. The maximum atomic E-state index is 11.9. The highest BCUT2D eigenvalue weighted by molar-refractivity contribution is 7.88. The first-order valence-corrected chi connectivity index (χ1v) is 10.5. The first-order valence-electron chi connectivity index (χ1n) is 8.63. The smallest absolute Gasteiger partial charge is 0.211 e. The average molecular weight is 385 g/mol. The van der Waals surface area contributed by atoms with Crippen molar-refractivity contribution < 1.29 is 17.9 Å². The zero-order chi connectivity index (χ0) is 19.2. The van der Waals surface area contributed by atoms with Gasteiger partial charge in [-0.05, 0) is 31.9 Å². The molecule has 0 amide bonds. The molecule has 146 valence electrons. The SMILES string of the molecule is CCNC(=NC[C@H]1CCCN1S(C)(=O)=O)Nc1ccc(OC)c(OC)c1. The summed E-state index contributed by atoms with van der Waals surface area (Å²) in [6.45, 7) is 3.65. The van der Waals surface area contributed by atoms with Crippen LogP contribution in [0.5, 0.6) is 11.5 Å². The van der Waals surface area contributed by atoms with Crippen molar-refractivity contribution in [2.24, 2.45) is 4.99 Å². The van der Waals surface area contributed by atoms with Crippen molar-refractivity contribution >= 4 is 21.7 Å². The molecule has 1 aliphatic rings. The number of rotatable bonds is 7. The maximum absolute atomic E-state index is 11.9. The number of benzene rings is 1. The van der Waals surface area contributed by atoms with Gasteiger partial charge in [-0.1, -0.05) is 0 Å². The number of nitrogens with one attached hydrogen (secondary N) is 2. The molecule has 0 aliphatic carbocycles. The van der Waals surface area contributed by atoms with Crippen molar-refractivity contribution in [2.45, 2.75) is 25.8 Å². The topological polar surface area (TPSA) is 92.3 Å². The predicted molar refractivity (Wildman–Crippen MR) is 104 cm³/mol. The van der Waals surface area contributed by atoms with Crippen LogP contribution in [0.3, 0.4) is 0 Å². The molecule has 2 N–H and O–H groups in total. The second-order valence-corrected chi connectivity index (χ2v) is 8.02. The van der Waals surface area contributed by atoms with Gasteiger partial charge in [0, 0.05) is 30.9 Å². The number of guanidine groups is 1. The molecule has 0 radical (unpaired) electrons. The molecular weight excluding hydrogens is 356 g/mol. The summed E-state index contributed by atoms with van der Waals surface area (Å²) in [5.41, 5.74) is 0.800. The fraction of sp³-hybridized carbons (Fsp3) is 0.588.